The number of rotatable bonds is 4. The predicted octanol–water partition coefficient (Wildman–Crippen LogP) is 3.93. The van der Waals surface area contributed by atoms with Crippen molar-refractivity contribution in [2.24, 2.45) is 0 Å². The van der Waals surface area contributed by atoms with Crippen molar-refractivity contribution in [3.05, 3.63) is 86.1 Å². The molecule has 1 aliphatic rings. The molecule has 3 aromatic heterocycles. The number of aromatic nitrogens is 3. The van der Waals surface area contributed by atoms with Crippen molar-refractivity contribution in [1.82, 2.24) is 19.9 Å². The normalized spacial score (nSPS) is 13.6. The molecule has 0 unspecified atom stereocenters. The van der Waals surface area contributed by atoms with Gasteiger partial charge in [-0.25, -0.2) is 4.79 Å². The molecule has 0 radical (unpaired) electrons. The largest absolute Gasteiger partial charge is 0.352 e. The van der Waals surface area contributed by atoms with Crippen molar-refractivity contribution in [2.45, 2.75) is 25.8 Å². The molecule has 146 valence electrons. The van der Waals surface area contributed by atoms with E-state index in [1.165, 1.54) is 20.5 Å². The van der Waals surface area contributed by atoms with Gasteiger partial charge in [0.15, 0.2) is 0 Å². The van der Waals surface area contributed by atoms with E-state index in [4.69, 9.17) is 11.6 Å². The van der Waals surface area contributed by atoms with Gasteiger partial charge >= 0.3 is 5.69 Å². The van der Waals surface area contributed by atoms with E-state index in [0.29, 0.717) is 17.9 Å². The first-order valence-electron chi connectivity index (χ1n) is 9.62. The summed E-state index contributed by atoms with van der Waals surface area (Å²) in [5, 5.41) is 5.35. The van der Waals surface area contributed by atoms with E-state index < -0.39 is 0 Å². The third-order valence-electron chi connectivity index (χ3n) is 5.26. The topological polar surface area (TPSA) is 59.8 Å². The molecule has 29 heavy (non-hydrogen) atoms. The Morgan fingerprint density at radius 3 is 2.86 bits per heavy atom. The van der Waals surface area contributed by atoms with E-state index in [1.54, 1.807) is 10.8 Å². The van der Waals surface area contributed by atoms with Gasteiger partial charge in [-0.05, 0) is 67.1 Å². The van der Waals surface area contributed by atoms with Gasteiger partial charge in [0.2, 0.25) is 0 Å². The van der Waals surface area contributed by atoms with Crippen LogP contribution < -0.4 is 11.0 Å². The lowest BCUT2D eigenvalue weighted by molar-refractivity contribution is 0.657. The number of aryl methyl sites for hydroxylation is 2. The number of nitrogens with one attached hydrogen (secondary N) is 1. The van der Waals surface area contributed by atoms with Crippen molar-refractivity contribution in [2.75, 3.05) is 6.54 Å². The monoisotopic (exact) mass is 422 g/mol. The predicted molar refractivity (Wildman–Crippen MR) is 117 cm³/mol. The third kappa shape index (κ3) is 3.71. The molecule has 1 N–H and O–H groups in total. The summed E-state index contributed by atoms with van der Waals surface area (Å²) in [6.45, 7) is 1.96. The van der Waals surface area contributed by atoms with Gasteiger partial charge in [0.25, 0.3) is 0 Å². The van der Waals surface area contributed by atoms with Crippen LogP contribution in [0.5, 0.6) is 0 Å². The van der Waals surface area contributed by atoms with E-state index in [0.717, 1.165) is 36.6 Å². The van der Waals surface area contributed by atoms with Gasteiger partial charge in [-0.3, -0.25) is 9.55 Å². The Morgan fingerprint density at radius 1 is 1.14 bits per heavy atom. The summed E-state index contributed by atoms with van der Waals surface area (Å²) in [5.41, 5.74) is 3.75. The molecule has 1 aliphatic heterocycles. The molecule has 0 saturated heterocycles. The first-order chi connectivity index (χ1) is 14.2. The van der Waals surface area contributed by atoms with Crippen molar-refractivity contribution >= 4 is 33.0 Å². The van der Waals surface area contributed by atoms with Crippen LogP contribution in [-0.4, -0.2) is 21.1 Å². The second kappa shape index (κ2) is 7.71. The summed E-state index contributed by atoms with van der Waals surface area (Å²) in [7, 11) is 0. The highest BCUT2D eigenvalue weighted by Gasteiger charge is 2.16. The molecule has 4 heterocycles. The van der Waals surface area contributed by atoms with Gasteiger partial charge < -0.3 is 5.32 Å². The number of halogens is 1. The lowest BCUT2D eigenvalue weighted by atomic mass is 10.0. The van der Waals surface area contributed by atoms with Crippen LogP contribution in [0, 0.1) is 0 Å². The summed E-state index contributed by atoms with van der Waals surface area (Å²) >= 11 is 7.68. The molecule has 1 aromatic carbocycles. The van der Waals surface area contributed by atoms with Crippen LogP contribution in [0.4, 0.5) is 0 Å². The third-order valence-corrected chi connectivity index (χ3v) is 6.68. The maximum absolute atomic E-state index is 12.6. The van der Waals surface area contributed by atoms with E-state index in [-0.39, 0.29) is 5.69 Å². The molecule has 4 aromatic rings. The Morgan fingerprint density at radius 2 is 2.03 bits per heavy atom. The zero-order chi connectivity index (χ0) is 19.8. The molecule has 0 atom stereocenters. The van der Waals surface area contributed by atoms with Gasteiger partial charge in [-0.15, -0.1) is 11.3 Å². The lowest BCUT2D eigenvalue weighted by Crippen LogP contribution is -2.22. The van der Waals surface area contributed by atoms with Crippen LogP contribution in [0.2, 0.25) is 5.02 Å². The van der Waals surface area contributed by atoms with Crippen molar-refractivity contribution in [3.63, 3.8) is 0 Å². The average molecular weight is 423 g/mol. The van der Waals surface area contributed by atoms with Crippen LogP contribution in [0.1, 0.15) is 21.8 Å². The zero-order valence-corrected chi connectivity index (χ0v) is 17.3. The Labute approximate surface area is 177 Å². The number of nitrogens with zero attached hydrogens (tertiary/aromatic N) is 3. The van der Waals surface area contributed by atoms with E-state index in [1.807, 2.05) is 41.8 Å². The summed E-state index contributed by atoms with van der Waals surface area (Å²) in [4.78, 5) is 22.6. The fourth-order valence-electron chi connectivity index (χ4n) is 3.76. The first-order valence-corrected chi connectivity index (χ1v) is 10.8. The van der Waals surface area contributed by atoms with Crippen molar-refractivity contribution in [3.8, 4) is 5.69 Å². The number of hydrogen-bond acceptors (Lipinski definition) is 5. The second-order valence-electron chi connectivity index (χ2n) is 7.15. The molecular weight excluding hydrogens is 404 g/mol. The maximum atomic E-state index is 12.6. The number of fused-ring (bicyclic) bond motifs is 3. The first kappa shape index (κ1) is 18.5. The van der Waals surface area contributed by atoms with Crippen LogP contribution in [-0.2, 0) is 25.8 Å². The molecule has 0 saturated carbocycles. The highest BCUT2D eigenvalue weighted by molar-refractivity contribution is 7.19. The Kier molecular flexibility index (Phi) is 4.91. The fourth-order valence-corrected chi connectivity index (χ4v) is 5.12. The van der Waals surface area contributed by atoms with Crippen LogP contribution >= 0.6 is 22.9 Å². The summed E-state index contributed by atoms with van der Waals surface area (Å²) in [5.74, 6) is 0. The van der Waals surface area contributed by atoms with Crippen molar-refractivity contribution in [1.29, 1.82) is 0 Å². The SMILES string of the molecule is O=c1nc(CCc2ccc(Cl)cn2)ccn1-c1ccc2c3c(sc2c1)CNCC3. The Hall–Kier alpha value is -2.54. The van der Waals surface area contributed by atoms with E-state index in [2.05, 4.69) is 27.4 Å². The van der Waals surface area contributed by atoms with Crippen molar-refractivity contribution < 1.29 is 0 Å². The second-order valence-corrected chi connectivity index (χ2v) is 8.72. The number of hydrogen-bond donors (Lipinski definition) is 1. The summed E-state index contributed by atoms with van der Waals surface area (Å²) in [6.07, 6.45) is 5.89. The van der Waals surface area contributed by atoms with Crippen LogP contribution in [0.25, 0.3) is 15.8 Å². The molecule has 0 amide bonds. The molecule has 0 aliphatic carbocycles. The molecule has 0 spiro atoms. The molecular formula is C22H19ClN4OS. The molecule has 0 bridgehead atoms. The minimum atomic E-state index is -0.256. The molecule has 7 heteroatoms. The van der Waals surface area contributed by atoms with Gasteiger partial charge in [0, 0.05) is 39.9 Å². The minimum absolute atomic E-state index is 0.256. The average Bonchev–Trinajstić information content (AvgIpc) is 3.11. The van der Waals surface area contributed by atoms with Gasteiger partial charge in [0.1, 0.15) is 0 Å². The Balaban J connectivity index is 1.39. The van der Waals surface area contributed by atoms with Crippen LogP contribution in [0.3, 0.4) is 0 Å². The minimum Gasteiger partial charge on any atom is -0.312 e. The highest BCUT2D eigenvalue weighted by Crippen LogP contribution is 2.34. The van der Waals surface area contributed by atoms with E-state index in [9.17, 15) is 4.79 Å². The number of pyridine rings is 1. The number of thiophene rings is 1. The summed E-state index contributed by atoms with van der Waals surface area (Å²) < 4.78 is 2.83. The fraction of sp³-hybridized carbons (Fsp3) is 0.227. The summed E-state index contributed by atoms with van der Waals surface area (Å²) in [6, 6.07) is 11.9. The van der Waals surface area contributed by atoms with E-state index >= 15 is 0 Å². The molecule has 5 rings (SSSR count). The standard InChI is InChI=1S/C22H19ClN4OS/c23-14-1-2-15(25-12-14)3-4-16-8-10-27(22(28)26-16)17-5-6-18-19-7-9-24-13-21(19)29-20(18)11-17/h1-2,5-6,8,10-12,24H,3-4,7,9,13H2. The number of benzene rings is 1. The smallest absolute Gasteiger partial charge is 0.312 e. The van der Waals surface area contributed by atoms with Crippen LogP contribution in [0.15, 0.2) is 53.6 Å². The Bertz CT molecular complexity index is 1250. The zero-order valence-electron chi connectivity index (χ0n) is 15.7. The highest BCUT2D eigenvalue weighted by atomic mass is 35.5. The maximum Gasteiger partial charge on any atom is 0.352 e. The lowest BCUT2D eigenvalue weighted by Gasteiger charge is -2.12. The van der Waals surface area contributed by atoms with Gasteiger partial charge in [-0.1, -0.05) is 17.7 Å². The molecule has 5 nitrogen and oxygen atoms in total. The quantitative estimate of drug-likeness (QED) is 0.541. The van der Waals surface area contributed by atoms with Gasteiger partial charge in [-0.2, -0.15) is 4.98 Å². The molecule has 0 fully saturated rings. The van der Waals surface area contributed by atoms with Gasteiger partial charge in [0.05, 0.1) is 10.7 Å².